The molecule has 0 aliphatic heterocycles. The van der Waals surface area contributed by atoms with Crippen LogP contribution in [0.15, 0.2) is 42.5 Å². The molecule has 3 N–H and O–H groups in total. The molecule has 0 bridgehead atoms. The van der Waals surface area contributed by atoms with Crippen LogP contribution in [-0.2, 0) is 4.79 Å². The maximum Gasteiger partial charge on any atom is 0.238 e. The first-order valence-electron chi connectivity index (χ1n) is 10.1. The van der Waals surface area contributed by atoms with Crippen LogP contribution in [0.4, 0.5) is 5.69 Å². The van der Waals surface area contributed by atoms with Crippen molar-refractivity contribution in [3.05, 3.63) is 64.7 Å². The predicted octanol–water partition coefficient (Wildman–Crippen LogP) is 3.73. The molecule has 0 heterocycles. The molecule has 0 aromatic heterocycles. The Morgan fingerprint density at radius 2 is 1.41 bits per heavy atom. The normalized spacial score (nSPS) is 12.3. The van der Waals surface area contributed by atoms with Crippen LogP contribution < -0.4 is 5.32 Å². The lowest BCUT2D eigenvalue weighted by Crippen LogP contribution is -2.33. The molecule has 0 atom stereocenters. The van der Waals surface area contributed by atoms with E-state index in [1.54, 1.807) is 36.4 Å². The average molecular weight is 455 g/mol. The van der Waals surface area contributed by atoms with E-state index >= 15 is 0 Å². The molecule has 0 radical (unpaired) electrons. The third-order valence-electron chi connectivity index (χ3n) is 5.69. The zero-order chi connectivity index (χ0) is 22.3. The number of halogens is 1. The van der Waals surface area contributed by atoms with Crippen molar-refractivity contribution >= 4 is 46.3 Å². The number of rotatable bonds is 5. The van der Waals surface area contributed by atoms with Crippen molar-refractivity contribution in [1.29, 1.82) is 0 Å². The number of ketones is 2. The molecule has 4 rings (SSSR count). The number of phenolic OH excluding ortho intramolecular Hbond substituents is 2. The number of aromatic hydroxyl groups is 2. The number of amides is 1. The van der Waals surface area contributed by atoms with E-state index in [1.165, 1.54) is 6.07 Å². The van der Waals surface area contributed by atoms with E-state index < -0.39 is 11.6 Å². The van der Waals surface area contributed by atoms with Crippen molar-refractivity contribution in [2.45, 2.75) is 13.8 Å². The summed E-state index contributed by atoms with van der Waals surface area (Å²) in [5.41, 5.74) is -0.189. The van der Waals surface area contributed by atoms with Crippen molar-refractivity contribution in [2.75, 3.05) is 25.0 Å². The fraction of sp³-hybridized carbons (Fsp3) is 0.208. The minimum atomic E-state index is -0.623. The standard InChI is InChI=1S/C24H22N2O5.ClH/c1-3-26(4-2)12-17(27)25-16-11-7-10-15-18(16)24(31)20-19(23(15)30)21(28)13-8-5-6-9-14(13)22(20)29;/h5-11,28-29H,3-4,12H2,1-2H3,(H,25,27);1H. The summed E-state index contributed by atoms with van der Waals surface area (Å²) in [5, 5.41) is 24.8. The Hall–Kier alpha value is -3.42. The molecular weight excluding hydrogens is 432 g/mol. The van der Waals surface area contributed by atoms with Gasteiger partial charge in [0, 0.05) is 16.3 Å². The number of benzene rings is 3. The summed E-state index contributed by atoms with van der Waals surface area (Å²) >= 11 is 0. The van der Waals surface area contributed by atoms with E-state index in [0.717, 1.165) is 0 Å². The number of fused-ring (bicyclic) bond motifs is 3. The first-order chi connectivity index (χ1) is 14.9. The predicted molar refractivity (Wildman–Crippen MR) is 124 cm³/mol. The van der Waals surface area contributed by atoms with Crippen molar-refractivity contribution in [2.24, 2.45) is 0 Å². The topological polar surface area (TPSA) is 107 Å². The summed E-state index contributed by atoms with van der Waals surface area (Å²) in [6.07, 6.45) is 0. The van der Waals surface area contributed by atoms with Gasteiger partial charge in [-0.15, -0.1) is 12.4 Å². The van der Waals surface area contributed by atoms with Gasteiger partial charge in [-0.3, -0.25) is 19.3 Å². The largest absolute Gasteiger partial charge is 0.506 e. The van der Waals surface area contributed by atoms with Gasteiger partial charge in [0.05, 0.1) is 28.9 Å². The first-order valence-corrected chi connectivity index (χ1v) is 10.1. The van der Waals surface area contributed by atoms with Gasteiger partial charge in [0.1, 0.15) is 11.5 Å². The van der Waals surface area contributed by atoms with Gasteiger partial charge in [-0.25, -0.2) is 0 Å². The lowest BCUT2D eigenvalue weighted by Gasteiger charge is -2.23. The van der Waals surface area contributed by atoms with E-state index in [2.05, 4.69) is 5.32 Å². The van der Waals surface area contributed by atoms with Crippen LogP contribution in [-0.4, -0.2) is 52.2 Å². The van der Waals surface area contributed by atoms with Crippen molar-refractivity contribution in [3.8, 4) is 11.5 Å². The SMILES string of the molecule is CCN(CC)CC(=O)Nc1cccc2c1C(=O)c1c(c(O)c3ccccc3c1O)C2=O.Cl. The Kier molecular flexibility index (Phi) is 6.52. The van der Waals surface area contributed by atoms with E-state index in [4.69, 9.17) is 0 Å². The second-order valence-electron chi connectivity index (χ2n) is 7.39. The van der Waals surface area contributed by atoms with E-state index in [0.29, 0.717) is 13.1 Å². The Morgan fingerprint density at radius 3 is 1.97 bits per heavy atom. The van der Waals surface area contributed by atoms with Gasteiger partial charge in [0.2, 0.25) is 11.7 Å². The molecule has 8 heteroatoms. The van der Waals surface area contributed by atoms with Crippen molar-refractivity contribution in [1.82, 2.24) is 4.90 Å². The zero-order valence-electron chi connectivity index (χ0n) is 17.6. The number of hydrogen-bond acceptors (Lipinski definition) is 6. The molecule has 0 saturated carbocycles. The molecule has 7 nitrogen and oxygen atoms in total. The lowest BCUT2D eigenvalue weighted by molar-refractivity contribution is -0.117. The van der Waals surface area contributed by atoms with Crippen molar-refractivity contribution < 1.29 is 24.6 Å². The third-order valence-corrected chi connectivity index (χ3v) is 5.69. The third kappa shape index (κ3) is 3.59. The number of likely N-dealkylation sites (N-methyl/N-ethyl adjacent to an activating group) is 1. The molecule has 1 aliphatic carbocycles. The lowest BCUT2D eigenvalue weighted by atomic mass is 9.80. The molecule has 166 valence electrons. The van der Waals surface area contributed by atoms with Crippen LogP contribution in [0.5, 0.6) is 11.5 Å². The molecule has 1 amide bonds. The maximum absolute atomic E-state index is 13.4. The molecule has 0 fully saturated rings. The second-order valence-corrected chi connectivity index (χ2v) is 7.39. The van der Waals surface area contributed by atoms with Crippen LogP contribution in [0.1, 0.15) is 45.7 Å². The van der Waals surface area contributed by atoms with Gasteiger partial charge in [-0.05, 0) is 19.2 Å². The number of hydrogen-bond donors (Lipinski definition) is 3. The summed E-state index contributed by atoms with van der Waals surface area (Å²) < 4.78 is 0. The monoisotopic (exact) mass is 454 g/mol. The van der Waals surface area contributed by atoms with Crippen LogP contribution in [0, 0.1) is 0 Å². The quantitative estimate of drug-likeness (QED) is 0.397. The molecule has 0 unspecified atom stereocenters. The van der Waals surface area contributed by atoms with Crippen molar-refractivity contribution in [3.63, 3.8) is 0 Å². The van der Waals surface area contributed by atoms with Crippen LogP contribution in [0.3, 0.4) is 0 Å². The first kappa shape index (κ1) is 23.2. The number of carbonyl (C=O) groups excluding carboxylic acids is 3. The van der Waals surface area contributed by atoms with E-state index in [9.17, 15) is 24.6 Å². The Balaban J connectivity index is 0.00000289. The smallest absolute Gasteiger partial charge is 0.238 e. The molecule has 0 spiro atoms. The number of phenols is 2. The van der Waals surface area contributed by atoms with E-state index in [-0.39, 0.29) is 75.1 Å². The molecule has 3 aromatic carbocycles. The van der Waals surface area contributed by atoms with Gasteiger partial charge < -0.3 is 15.5 Å². The minimum absolute atomic E-state index is 0. The van der Waals surface area contributed by atoms with Gasteiger partial charge in [0.15, 0.2) is 5.78 Å². The van der Waals surface area contributed by atoms with Crippen LogP contribution in [0.2, 0.25) is 0 Å². The van der Waals surface area contributed by atoms with Crippen LogP contribution in [0.25, 0.3) is 10.8 Å². The summed E-state index contributed by atoms with van der Waals surface area (Å²) in [6.45, 7) is 5.43. The molecular formula is C24H23ClN2O5. The Bertz CT molecular complexity index is 1250. The Morgan fingerprint density at radius 1 is 0.844 bits per heavy atom. The molecule has 1 aliphatic rings. The summed E-state index contributed by atoms with van der Waals surface area (Å²) in [6, 6.07) is 11.1. The van der Waals surface area contributed by atoms with Gasteiger partial charge in [-0.1, -0.05) is 50.2 Å². The number of nitrogens with zero attached hydrogens (tertiary/aromatic N) is 1. The summed E-state index contributed by atoms with van der Waals surface area (Å²) in [4.78, 5) is 41.1. The highest BCUT2D eigenvalue weighted by atomic mass is 35.5. The fourth-order valence-electron chi connectivity index (χ4n) is 4.03. The number of carbonyl (C=O) groups is 3. The van der Waals surface area contributed by atoms with Crippen LogP contribution >= 0.6 is 12.4 Å². The highest BCUT2D eigenvalue weighted by Crippen LogP contribution is 2.45. The molecule has 3 aromatic rings. The Labute approximate surface area is 191 Å². The maximum atomic E-state index is 13.4. The van der Waals surface area contributed by atoms with Gasteiger partial charge in [-0.2, -0.15) is 0 Å². The second kappa shape index (κ2) is 8.98. The fourth-order valence-corrected chi connectivity index (χ4v) is 4.03. The highest BCUT2D eigenvalue weighted by molar-refractivity contribution is 6.34. The number of anilines is 1. The van der Waals surface area contributed by atoms with Gasteiger partial charge >= 0.3 is 0 Å². The number of nitrogens with one attached hydrogen (secondary N) is 1. The summed E-state index contributed by atoms with van der Waals surface area (Å²) in [5.74, 6) is -2.22. The van der Waals surface area contributed by atoms with E-state index in [1.807, 2.05) is 18.7 Å². The zero-order valence-corrected chi connectivity index (χ0v) is 18.5. The molecule has 32 heavy (non-hydrogen) atoms. The molecule has 0 saturated heterocycles. The summed E-state index contributed by atoms with van der Waals surface area (Å²) in [7, 11) is 0. The van der Waals surface area contributed by atoms with Gasteiger partial charge in [0.25, 0.3) is 0 Å². The average Bonchev–Trinajstić information content (AvgIpc) is 2.78. The highest BCUT2D eigenvalue weighted by Gasteiger charge is 2.37. The minimum Gasteiger partial charge on any atom is -0.506 e.